The van der Waals surface area contributed by atoms with Crippen molar-refractivity contribution in [2.45, 2.75) is 57.0 Å². The summed E-state index contributed by atoms with van der Waals surface area (Å²) < 4.78 is 13.0. The summed E-state index contributed by atoms with van der Waals surface area (Å²) in [5.41, 5.74) is -0.546. The zero-order valence-corrected chi connectivity index (χ0v) is 20.9. The van der Waals surface area contributed by atoms with Gasteiger partial charge in [-0.15, -0.1) is 0 Å². The molecule has 194 valence electrons. The average Bonchev–Trinajstić information content (AvgIpc) is 2.90. The van der Waals surface area contributed by atoms with Gasteiger partial charge in [0.15, 0.2) is 0 Å². The van der Waals surface area contributed by atoms with E-state index in [2.05, 4.69) is 5.32 Å². The zero-order chi connectivity index (χ0) is 26.1. The number of hydrogen-bond donors (Lipinski definition) is 4. The third-order valence-corrected chi connectivity index (χ3v) is 7.51. The van der Waals surface area contributed by atoms with E-state index in [0.29, 0.717) is 41.6 Å². The fourth-order valence-corrected chi connectivity index (χ4v) is 5.81. The molecule has 4 N–H and O–H groups in total. The highest BCUT2D eigenvalue weighted by Gasteiger charge is 2.71. The number of carboxylic acids is 1. The summed E-state index contributed by atoms with van der Waals surface area (Å²) in [5, 5.41) is 34.4. The topological polar surface area (TPSA) is 125 Å². The van der Waals surface area contributed by atoms with Crippen molar-refractivity contribution in [1.82, 2.24) is 5.32 Å². The Morgan fingerprint density at radius 1 is 0.806 bits per heavy atom. The molecule has 1 amide bonds. The molecular weight excluding hydrogens is 462 g/mol. The number of benzene rings is 2. The zero-order valence-electron chi connectivity index (χ0n) is 20.9. The molecular formula is C28H35NO7. The third-order valence-electron chi connectivity index (χ3n) is 7.51. The van der Waals surface area contributed by atoms with Gasteiger partial charge >= 0.3 is 5.97 Å². The maximum atomic E-state index is 13.8. The van der Waals surface area contributed by atoms with Gasteiger partial charge in [-0.2, -0.15) is 0 Å². The van der Waals surface area contributed by atoms with Gasteiger partial charge in [0.05, 0.1) is 31.3 Å². The number of carbonyl (C=O) groups is 2. The highest BCUT2D eigenvalue weighted by molar-refractivity contribution is 5.91. The number of aliphatic carboxylic acids is 1. The fourth-order valence-electron chi connectivity index (χ4n) is 5.81. The molecule has 2 bridgehead atoms. The van der Waals surface area contributed by atoms with Crippen molar-refractivity contribution in [3.63, 3.8) is 0 Å². The molecule has 2 aromatic rings. The first kappa shape index (κ1) is 26.3. The molecule has 3 aliphatic carbocycles. The van der Waals surface area contributed by atoms with Crippen molar-refractivity contribution < 1.29 is 34.4 Å². The lowest BCUT2D eigenvalue weighted by molar-refractivity contribution is -0.205. The van der Waals surface area contributed by atoms with Gasteiger partial charge in [0.25, 0.3) is 0 Å². The number of amides is 1. The van der Waals surface area contributed by atoms with Crippen LogP contribution < -0.4 is 5.32 Å². The molecule has 0 aromatic heterocycles. The van der Waals surface area contributed by atoms with Crippen LogP contribution in [0.2, 0.25) is 0 Å². The smallest absolute Gasteiger partial charge is 0.311 e. The Morgan fingerprint density at radius 3 is 1.53 bits per heavy atom. The van der Waals surface area contributed by atoms with Gasteiger partial charge in [-0.1, -0.05) is 62.4 Å². The second-order valence-corrected chi connectivity index (χ2v) is 9.50. The third kappa shape index (κ3) is 3.84. The van der Waals surface area contributed by atoms with Crippen molar-refractivity contribution in [3.8, 4) is 0 Å². The van der Waals surface area contributed by atoms with Gasteiger partial charge in [0.2, 0.25) is 5.91 Å². The molecule has 8 nitrogen and oxygen atoms in total. The van der Waals surface area contributed by atoms with Gasteiger partial charge in [-0.05, 0) is 42.0 Å². The molecule has 0 radical (unpaired) electrons. The van der Waals surface area contributed by atoms with Crippen LogP contribution in [0.4, 0.5) is 0 Å². The van der Waals surface area contributed by atoms with Crippen LogP contribution in [0.1, 0.15) is 55.9 Å². The number of aliphatic hydroxyl groups is 2. The minimum atomic E-state index is -1.53. The Balaban J connectivity index is 2.09. The Hall–Kier alpha value is -2.78. The van der Waals surface area contributed by atoms with E-state index in [1.807, 2.05) is 50.2 Å². The number of carbonyl (C=O) groups excluding carboxylic acids is 1. The summed E-state index contributed by atoms with van der Waals surface area (Å²) in [5.74, 6) is -4.21. The van der Waals surface area contributed by atoms with Gasteiger partial charge in [0, 0.05) is 6.54 Å². The largest absolute Gasteiger partial charge is 0.481 e. The lowest BCUT2D eigenvalue weighted by Gasteiger charge is -2.60. The highest BCUT2D eigenvalue weighted by atomic mass is 16.5. The number of hydrogen-bond acceptors (Lipinski definition) is 6. The molecule has 0 saturated carbocycles. The van der Waals surface area contributed by atoms with Crippen LogP contribution in [0.25, 0.3) is 0 Å². The van der Waals surface area contributed by atoms with Gasteiger partial charge < -0.3 is 30.1 Å². The number of aliphatic hydroxyl groups excluding tert-OH is 2. The van der Waals surface area contributed by atoms with E-state index in [4.69, 9.17) is 9.47 Å². The van der Waals surface area contributed by atoms with Crippen molar-refractivity contribution in [2.75, 3.05) is 19.8 Å². The summed E-state index contributed by atoms with van der Waals surface area (Å²) in [6, 6.07) is 14.5. The Kier molecular flexibility index (Phi) is 7.52. The number of fused-ring (bicyclic) bond motifs is 1. The van der Waals surface area contributed by atoms with E-state index in [1.165, 1.54) is 0 Å². The molecule has 0 saturated heterocycles. The predicted molar refractivity (Wildman–Crippen MR) is 132 cm³/mol. The first-order valence-corrected chi connectivity index (χ1v) is 12.6. The SMILES string of the molecule is CCNC(=O)C1C(C(=O)O)C2(OCC(O)CC)c3ccccc3C1(OCC(O)CC)c1ccccc12. The summed E-state index contributed by atoms with van der Waals surface area (Å²) in [6.07, 6.45) is -0.726. The van der Waals surface area contributed by atoms with Gasteiger partial charge in [-0.25, -0.2) is 0 Å². The quantitative estimate of drug-likeness (QED) is 0.376. The lowest BCUT2D eigenvalue weighted by Crippen LogP contribution is -2.67. The summed E-state index contributed by atoms with van der Waals surface area (Å²) in [7, 11) is 0. The second kappa shape index (κ2) is 10.3. The Morgan fingerprint density at radius 2 is 1.19 bits per heavy atom. The fraction of sp³-hybridized carbons (Fsp3) is 0.500. The molecule has 8 heteroatoms. The van der Waals surface area contributed by atoms with Gasteiger partial charge in [0.1, 0.15) is 17.1 Å². The van der Waals surface area contributed by atoms with Crippen LogP contribution in [0, 0.1) is 11.8 Å². The van der Waals surface area contributed by atoms with Crippen LogP contribution in [-0.4, -0.2) is 59.2 Å². The van der Waals surface area contributed by atoms with E-state index in [-0.39, 0.29) is 13.2 Å². The molecule has 3 aliphatic rings. The van der Waals surface area contributed by atoms with E-state index in [0.717, 1.165) is 0 Å². The minimum Gasteiger partial charge on any atom is -0.481 e. The lowest BCUT2D eigenvalue weighted by atomic mass is 9.49. The number of nitrogens with one attached hydrogen (secondary N) is 1. The summed E-state index contributed by atoms with van der Waals surface area (Å²) in [4.78, 5) is 26.9. The molecule has 0 aliphatic heterocycles. The van der Waals surface area contributed by atoms with E-state index >= 15 is 0 Å². The van der Waals surface area contributed by atoms with Gasteiger partial charge in [-0.3, -0.25) is 9.59 Å². The van der Waals surface area contributed by atoms with Crippen molar-refractivity contribution in [1.29, 1.82) is 0 Å². The van der Waals surface area contributed by atoms with Crippen LogP contribution in [0.15, 0.2) is 48.5 Å². The minimum absolute atomic E-state index is 0.0795. The van der Waals surface area contributed by atoms with Crippen molar-refractivity contribution in [2.24, 2.45) is 11.8 Å². The first-order valence-electron chi connectivity index (χ1n) is 12.6. The number of carboxylic acid groups (broad SMARTS) is 1. The summed E-state index contributed by atoms with van der Waals surface area (Å²) in [6.45, 7) is 5.54. The predicted octanol–water partition coefficient (Wildman–Crippen LogP) is 2.53. The monoisotopic (exact) mass is 497 g/mol. The maximum absolute atomic E-state index is 13.8. The molecule has 0 spiro atoms. The van der Waals surface area contributed by atoms with Crippen LogP contribution in [-0.2, 0) is 30.3 Å². The van der Waals surface area contributed by atoms with Crippen LogP contribution in [0.3, 0.4) is 0 Å². The van der Waals surface area contributed by atoms with Crippen molar-refractivity contribution >= 4 is 11.9 Å². The van der Waals surface area contributed by atoms with E-state index in [1.54, 1.807) is 19.1 Å². The number of ether oxygens (including phenoxy) is 2. The standard InChI is InChI=1S/C28H35NO7/c1-4-17(30)15-35-27-19-11-7-9-13-21(19)28(36-16-18(31)5-2,22-14-10-8-12-20(22)27)24(26(33)34)23(27)25(32)29-6-3/h7-14,17-18,23-24,30-31H,4-6,15-16H2,1-3H3,(H,29,32)(H,33,34). The molecule has 0 heterocycles. The maximum Gasteiger partial charge on any atom is 0.311 e. The summed E-state index contributed by atoms with van der Waals surface area (Å²) >= 11 is 0. The Bertz CT molecular complexity index is 1070. The van der Waals surface area contributed by atoms with E-state index < -0.39 is 47.1 Å². The molecule has 0 fully saturated rings. The normalized spacial score (nSPS) is 27.6. The van der Waals surface area contributed by atoms with Crippen LogP contribution >= 0.6 is 0 Å². The van der Waals surface area contributed by atoms with Crippen LogP contribution in [0.5, 0.6) is 0 Å². The molecule has 5 rings (SSSR count). The first-order chi connectivity index (χ1) is 17.3. The highest BCUT2D eigenvalue weighted by Crippen LogP contribution is 2.65. The average molecular weight is 498 g/mol. The Labute approximate surface area is 211 Å². The molecule has 36 heavy (non-hydrogen) atoms. The molecule has 2 aromatic carbocycles. The number of rotatable bonds is 11. The second-order valence-electron chi connectivity index (χ2n) is 9.50. The van der Waals surface area contributed by atoms with Crippen molar-refractivity contribution in [3.05, 3.63) is 70.8 Å². The molecule has 4 atom stereocenters. The molecule has 4 unspecified atom stereocenters. The van der Waals surface area contributed by atoms with E-state index in [9.17, 15) is 24.9 Å².